The van der Waals surface area contributed by atoms with Gasteiger partial charge < -0.3 is 15.0 Å². The van der Waals surface area contributed by atoms with Crippen molar-refractivity contribution in [3.05, 3.63) is 86.9 Å². The van der Waals surface area contributed by atoms with Crippen molar-refractivity contribution in [2.75, 3.05) is 18.0 Å². The van der Waals surface area contributed by atoms with Gasteiger partial charge in [0.05, 0.1) is 17.7 Å². The molecule has 1 N–H and O–H groups in total. The lowest BCUT2D eigenvalue weighted by molar-refractivity contribution is -0.140. The molecule has 2 atom stereocenters. The van der Waals surface area contributed by atoms with Crippen LogP contribution in [0.15, 0.2) is 65.6 Å². The highest BCUT2D eigenvalue weighted by molar-refractivity contribution is 7.92. The summed E-state index contributed by atoms with van der Waals surface area (Å²) in [6.45, 7) is 6.62. The van der Waals surface area contributed by atoms with E-state index in [0.29, 0.717) is 22.0 Å². The second-order valence-corrected chi connectivity index (χ2v) is 13.2. The minimum Gasteiger partial charge on any atom is -0.495 e. The van der Waals surface area contributed by atoms with E-state index in [1.807, 2.05) is 20.8 Å². The van der Waals surface area contributed by atoms with Gasteiger partial charge in [0.15, 0.2) is 0 Å². The summed E-state index contributed by atoms with van der Waals surface area (Å²) in [6, 6.07) is 14.6. The maximum Gasteiger partial charge on any atom is 0.264 e. The number of hydrogen-bond donors (Lipinski definition) is 1. The molecule has 0 spiro atoms. The van der Waals surface area contributed by atoms with Gasteiger partial charge in [0.25, 0.3) is 10.0 Å². The molecule has 3 aromatic carbocycles. The molecule has 43 heavy (non-hydrogen) atoms. The first-order valence-corrected chi connectivity index (χ1v) is 16.4. The van der Waals surface area contributed by atoms with Crippen LogP contribution < -0.4 is 14.4 Å². The predicted octanol–water partition coefficient (Wildman–Crippen LogP) is 6.88. The van der Waals surface area contributed by atoms with Crippen LogP contribution in [0.1, 0.15) is 44.7 Å². The second-order valence-electron chi connectivity index (χ2n) is 10.1. The lowest BCUT2D eigenvalue weighted by Crippen LogP contribution is -2.53. The average Bonchev–Trinajstić information content (AvgIpc) is 2.97. The molecule has 3 aromatic rings. The van der Waals surface area contributed by atoms with E-state index in [4.69, 9.17) is 39.5 Å². The second kappa shape index (κ2) is 15.1. The third kappa shape index (κ3) is 8.35. The van der Waals surface area contributed by atoms with E-state index in [0.717, 1.165) is 9.87 Å². The number of sulfonamides is 1. The molecule has 0 aliphatic heterocycles. The lowest BCUT2D eigenvalue weighted by Gasteiger charge is -2.34. The van der Waals surface area contributed by atoms with Gasteiger partial charge >= 0.3 is 0 Å². The van der Waals surface area contributed by atoms with Crippen LogP contribution in [0.2, 0.25) is 15.1 Å². The monoisotopic (exact) mass is 667 g/mol. The average molecular weight is 669 g/mol. The number of nitrogens with zero attached hydrogens (tertiary/aromatic N) is 2. The van der Waals surface area contributed by atoms with Crippen LogP contribution in [0, 0.1) is 6.92 Å². The molecule has 0 saturated heterocycles. The molecule has 0 aromatic heterocycles. The fraction of sp³-hybridized carbons (Fsp3) is 0.355. The third-order valence-electron chi connectivity index (χ3n) is 7.07. The molecule has 12 heteroatoms. The van der Waals surface area contributed by atoms with Crippen molar-refractivity contribution in [3.8, 4) is 5.75 Å². The Morgan fingerprint density at radius 3 is 2.14 bits per heavy atom. The Labute approximate surface area is 268 Å². The van der Waals surface area contributed by atoms with E-state index in [1.54, 1.807) is 43.3 Å². The first kappa shape index (κ1) is 34.5. The number of hydrogen-bond acceptors (Lipinski definition) is 5. The number of ether oxygens (including phenoxy) is 1. The van der Waals surface area contributed by atoms with Gasteiger partial charge in [-0.25, -0.2) is 8.42 Å². The van der Waals surface area contributed by atoms with Gasteiger partial charge in [-0.3, -0.25) is 13.9 Å². The zero-order chi connectivity index (χ0) is 31.9. The van der Waals surface area contributed by atoms with Crippen molar-refractivity contribution in [1.82, 2.24) is 10.2 Å². The summed E-state index contributed by atoms with van der Waals surface area (Å²) >= 11 is 19.3. The van der Waals surface area contributed by atoms with Gasteiger partial charge in [-0.15, -0.1) is 0 Å². The number of anilines is 1. The van der Waals surface area contributed by atoms with Crippen LogP contribution >= 0.6 is 34.8 Å². The maximum absolute atomic E-state index is 14.3. The Bertz CT molecular complexity index is 1530. The molecule has 2 amide bonds. The van der Waals surface area contributed by atoms with E-state index >= 15 is 0 Å². The van der Waals surface area contributed by atoms with Crippen molar-refractivity contribution in [2.24, 2.45) is 0 Å². The van der Waals surface area contributed by atoms with Gasteiger partial charge in [-0.2, -0.15) is 0 Å². The summed E-state index contributed by atoms with van der Waals surface area (Å²) in [5.41, 5.74) is 1.36. The van der Waals surface area contributed by atoms with Gasteiger partial charge in [0.2, 0.25) is 11.8 Å². The van der Waals surface area contributed by atoms with Crippen molar-refractivity contribution in [3.63, 3.8) is 0 Å². The normalized spacial score (nSPS) is 12.7. The summed E-state index contributed by atoms with van der Waals surface area (Å²) in [5.74, 6) is -0.836. The molecule has 0 radical (unpaired) electrons. The fourth-order valence-corrected chi connectivity index (χ4v) is 6.52. The molecular weight excluding hydrogens is 633 g/mol. The topological polar surface area (TPSA) is 96.0 Å². The molecule has 0 aliphatic rings. The van der Waals surface area contributed by atoms with Gasteiger partial charge in [-0.1, -0.05) is 72.4 Å². The molecular formula is C31H36Cl3N3O5S. The van der Waals surface area contributed by atoms with E-state index in [2.05, 4.69) is 5.32 Å². The smallest absolute Gasteiger partial charge is 0.264 e. The molecule has 8 nitrogen and oxygen atoms in total. The van der Waals surface area contributed by atoms with E-state index in [1.165, 1.54) is 36.3 Å². The van der Waals surface area contributed by atoms with Crippen LogP contribution in [0.4, 0.5) is 5.69 Å². The van der Waals surface area contributed by atoms with Gasteiger partial charge in [-0.05, 0) is 69.2 Å². The number of halogens is 3. The molecule has 0 saturated carbocycles. The van der Waals surface area contributed by atoms with E-state index in [9.17, 15) is 18.0 Å². The summed E-state index contributed by atoms with van der Waals surface area (Å²) < 4.78 is 34.7. The largest absolute Gasteiger partial charge is 0.495 e. The molecule has 0 aliphatic carbocycles. The predicted molar refractivity (Wildman–Crippen MR) is 173 cm³/mol. The number of carbonyl (C=O) groups excluding carboxylic acids is 2. The van der Waals surface area contributed by atoms with Crippen molar-refractivity contribution >= 4 is 62.3 Å². The summed E-state index contributed by atoms with van der Waals surface area (Å²) in [6.07, 6.45) is 0.935. The van der Waals surface area contributed by atoms with Gasteiger partial charge in [0.1, 0.15) is 18.3 Å². The van der Waals surface area contributed by atoms with Crippen molar-refractivity contribution < 1.29 is 22.7 Å². The number of nitrogens with one attached hydrogen (secondary N) is 1. The van der Waals surface area contributed by atoms with E-state index in [-0.39, 0.29) is 46.3 Å². The molecule has 0 unspecified atom stereocenters. The summed E-state index contributed by atoms with van der Waals surface area (Å²) in [5, 5.41) is 3.79. The first-order chi connectivity index (χ1) is 20.3. The number of rotatable bonds is 13. The molecule has 232 valence electrons. The fourth-order valence-electron chi connectivity index (χ4n) is 4.42. The zero-order valence-electron chi connectivity index (χ0n) is 24.7. The van der Waals surface area contributed by atoms with Gasteiger partial charge in [0, 0.05) is 33.2 Å². The minimum atomic E-state index is -4.32. The first-order valence-electron chi connectivity index (χ1n) is 13.8. The standard InChI is InChI=1S/C31H36Cl3N3O5S/c1-6-21(4)35-31(39)27(7-2)36(18-24-25(33)9-8-10-26(24)34)30(38)19-37(28-17-22(32)13-16-29(28)42-5)43(40,41)23-14-11-20(3)12-15-23/h8-17,21,27H,6-7,18-19H2,1-5H3,(H,35,39)/t21-,27-/m1/s1. The Kier molecular flexibility index (Phi) is 12.2. The highest BCUT2D eigenvalue weighted by Crippen LogP contribution is 2.35. The van der Waals surface area contributed by atoms with Crippen LogP contribution in [-0.2, 0) is 26.2 Å². The Morgan fingerprint density at radius 2 is 1.58 bits per heavy atom. The SMILES string of the molecule is CC[C@@H](C)NC(=O)[C@@H](CC)N(Cc1c(Cl)cccc1Cl)C(=O)CN(c1cc(Cl)ccc1OC)S(=O)(=O)c1ccc(C)cc1. The zero-order valence-corrected chi connectivity index (χ0v) is 27.8. The van der Waals surface area contributed by atoms with Crippen molar-refractivity contribution in [1.29, 1.82) is 0 Å². The minimum absolute atomic E-state index is 0.0322. The molecule has 0 bridgehead atoms. The number of amides is 2. The lowest BCUT2D eigenvalue weighted by atomic mass is 10.1. The Balaban J connectivity index is 2.17. The van der Waals surface area contributed by atoms with Crippen LogP contribution in [0.25, 0.3) is 0 Å². The van der Waals surface area contributed by atoms with Crippen LogP contribution in [0.3, 0.4) is 0 Å². The number of carbonyl (C=O) groups is 2. The van der Waals surface area contributed by atoms with Crippen molar-refractivity contribution in [2.45, 2.75) is 64.1 Å². The third-order valence-corrected chi connectivity index (χ3v) is 9.79. The Morgan fingerprint density at radius 1 is 0.953 bits per heavy atom. The number of methoxy groups -OCH3 is 1. The molecule has 0 heterocycles. The quantitative estimate of drug-likeness (QED) is 0.214. The number of benzene rings is 3. The number of aryl methyl sites for hydroxylation is 1. The summed E-state index contributed by atoms with van der Waals surface area (Å²) in [7, 11) is -2.93. The summed E-state index contributed by atoms with van der Waals surface area (Å²) in [4.78, 5) is 29.1. The molecule has 0 fully saturated rings. The van der Waals surface area contributed by atoms with Crippen LogP contribution in [0.5, 0.6) is 5.75 Å². The van der Waals surface area contributed by atoms with E-state index < -0.39 is 28.5 Å². The van der Waals surface area contributed by atoms with Crippen LogP contribution in [-0.4, -0.2) is 50.9 Å². The Hall–Kier alpha value is -2.98. The highest BCUT2D eigenvalue weighted by Gasteiger charge is 2.35. The maximum atomic E-state index is 14.3. The molecule has 3 rings (SSSR count). The highest BCUT2D eigenvalue weighted by atomic mass is 35.5.